The van der Waals surface area contributed by atoms with Crippen LogP contribution in [0.2, 0.25) is 0 Å². The van der Waals surface area contributed by atoms with Crippen molar-refractivity contribution in [3.8, 4) is 11.5 Å². The van der Waals surface area contributed by atoms with Crippen molar-refractivity contribution in [2.24, 2.45) is 0 Å². The molecule has 0 unspecified atom stereocenters. The molecular weight excluding hydrogens is 212 g/mol. The highest BCUT2D eigenvalue weighted by Gasteiger charge is 2.16. The van der Waals surface area contributed by atoms with Gasteiger partial charge >= 0.3 is 5.97 Å². The lowest BCUT2D eigenvalue weighted by molar-refractivity contribution is 0.0689. The topological polar surface area (TPSA) is 76.0 Å². The molecule has 2 N–H and O–H groups in total. The minimum absolute atomic E-state index is 0.0272. The van der Waals surface area contributed by atoms with E-state index in [-0.39, 0.29) is 24.5 Å². The van der Waals surface area contributed by atoms with Gasteiger partial charge in [0.25, 0.3) is 0 Å². The summed E-state index contributed by atoms with van der Waals surface area (Å²) in [6, 6.07) is 4.64. The molecule has 0 aromatic heterocycles. The maximum atomic E-state index is 10.9. The summed E-state index contributed by atoms with van der Waals surface area (Å²) < 4.78 is 10.4. The third-order valence-corrected chi connectivity index (χ3v) is 1.85. The molecule has 0 fully saturated rings. The molecule has 1 aromatic rings. The zero-order valence-corrected chi connectivity index (χ0v) is 8.97. The van der Waals surface area contributed by atoms with E-state index in [4.69, 9.17) is 19.7 Å². The van der Waals surface area contributed by atoms with Gasteiger partial charge in [-0.05, 0) is 19.1 Å². The zero-order chi connectivity index (χ0) is 12.0. The Morgan fingerprint density at radius 1 is 1.38 bits per heavy atom. The molecule has 0 aliphatic heterocycles. The standard InChI is InChI=1S/C11H14O5/c1-2-15-9-5-3-4-8(11(13)14)10(9)16-7-6-12/h3-5,12H,2,6-7H2,1H3,(H,13,14). The molecule has 0 amide bonds. The number of aromatic carboxylic acids is 1. The number of para-hydroxylation sites is 1. The number of carboxylic acid groups (broad SMARTS) is 1. The summed E-state index contributed by atoms with van der Waals surface area (Å²) in [6.45, 7) is 2.06. The van der Waals surface area contributed by atoms with Gasteiger partial charge in [-0.1, -0.05) is 6.07 Å². The Morgan fingerprint density at radius 2 is 2.12 bits per heavy atom. The van der Waals surface area contributed by atoms with Crippen molar-refractivity contribution in [2.45, 2.75) is 6.92 Å². The number of aliphatic hydroxyl groups is 1. The maximum absolute atomic E-state index is 10.9. The van der Waals surface area contributed by atoms with Crippen LogP contribution in [0.1, 0.15) is 17.3 Å². The first-order valence-corrected chi connectivity index (χ1v) is 4.93. The van der Waals surface area contributed by atoms with E-state index in [1.165, 1.54) is 6.07 Å². The predicted molar refractivity (Wildman–Crippen MR) is 57.2 cm³/mol. The average Bonchev–Trinajstić information content (AvgIpc) is 2.27. The fraction of sp³-hybridized carbons (Fsp3) is 0.364. The van der Waals surface area contributed by atoms with Gasteiger partial charge in [-0.2, -0.15) is 0 Å². The Hall–Kier alpha value is -1.75. The SMILES string of the molecule is CCOc1cccc(C(=O)O)c1OCCO. The predicted octanol–water partition coefficient (Wildman–Crippen LogP) is 1.15. The molecule has 1 aromatic carbocycles. The number of hydrogen-bond acceptors (Lipinski definition) is 4. The summed E-state index contributed by atoms with van der Waals surface area (Å²) in [5.74, 6) is -0.559. The molecule has 0 saturated carbocycles. The second-order valence-electron chi connectivity index (χ2n) is 2.94. The molecule has 0 aliphatic rings. The minimum Gasteiger partial charge on any atom is -0.490 e. The van der Waals surface area contributed by atoms with E-state index >= 15 is 0 Å². The molecular formula is C11H14O5. The normalized spacial score (nSPS) is 9.88. The Labute approximate surface area is 93.2 Å². The second kappa shape index (κ2) is 5.97. The Morgan fingerprint density at radius 3 is 2.69 bits per heavy atom. The molecule has 0 aliphatic carbocycles. The summed E-state index contributed by atoms with van der Waals surface area (Å²) in [5.41, 5.74) is 0.0272. The van der Waals surface area contributed by atoms with Gasteiger partial charge < -0.3 is 19.7 Å². The third-order valence-electron chi connectivity index (χ3n) is 1.85. The van der Waals surface area contributed by atoms with Crippen LogP contribution in [0.15, 0.2) is 18.2 Å². The molecule has 0 radical (unpaired) electrons. The number of benzene rings is 1. The second-order valence-corrected chi connectivity index (χ2v) is 2.94. The van der Waals surface area contributed by atoms with E-state index < -0.39 is 5.97 Å². The molecule has 88 valence electrons. The lowest BCUT2D eigenvalue weighted by Gasteiger charge is -2.13. The first-order chi connectivity index (χ1) is 7.70. The fourth-order valence-electron chi connectivity index (χ4n) is 1.25. The van der Waals surface area contributed by atoms with Crippen molar-refractivity contribution in [1.29, 1.82) is 0 Å². The van der Waals surface area contributed by atoms with Crippen molar-refractivity contribution in [3.63, 3.8) is 0 Å². The summed E-state index contributed by atoms with van der Waals surface area (Å²) in [5, 5.41) is 17.6. The monoisotopic (exact) mass is 226 g/mol. The van der Waals surface area contributed by atoms with E-state index in [1.807, 2.05) is 0 Å². The first-order valence-electron chi connectivity index (χ1n) is 4.93. The van der Waals surface area contributed by atoms with Gasteiger partial charge in [0.1, 0.15) is 12.2 Å². The number of carbonyl (C=O) groups is 1. The highest BCUT2D eigenvalue weighted by Crippen LogP contribution is 2.31. The van der Waals surface area contributed by atoms with Crippen LogP contribution in [0.5, 0.6) is 11.5 Å². The average molecular weight is 226 g/mol. The molecule has 5 nitrogen and oxygen atoms in total. The molecule has 1 rings (SSSR count). The number of hydrogen-bond donors (Lipinski definition) is 2. The third kappa shape index (κ3) is 2.87. The van der Waals surface area contributed by atoms with E-state index in [0.29, 0.717) is 12.4 Å². The van der Waals surface area contributed by atoms with Gasteiger partial charge in [-0.3, -0.25) is 0 Å². The number of ether oxygens (including phenoxy) is 2. The Kier molecular flexibility index (Phi) is 4.60. The number of aliphatic hydroxyl groups excluding tert-OH is 1. The quantitative estimate of drug-likeness (QED) is 0.761. The van der Waals surface area contributed by atoms with E-state index in [0.717, 1.165) is 0 Å². The van der Waals surface area contributed by atoms with Crippen LogP contribution in [-0.4, -0.2) is 36.0 Å². The van der Waals surface area contributed by atoms with Crippen LogP contribution in [0.25, 0.3) is 0 Å². The van der Waals surface area contributed by atoms with Crippen LogP contribution >= 0.6 is 0 Å². The summed E-state index contributed by atoms with van der Waals surface area (Å²) >= 11 is 0. The van der Waals surface area contributed by atoms with Crippen LogP contribution in [0, 0.1) is 0 Å². The van der Waals surface area contributed by atoms with Gasteiger partial charge in [0.2, 0.25) is 0 Å². The zero-order valence-electron chi connectivity index (χ0n) is 8.97. The molecule has 0 saturated heterocycles. The van der Waals surface area contributed by atoms with Gasteiger partial charge in [-0.15, -0.1) is 0 Å². The highest BCUT2D eigenvalue weighted by atomic mass is 16.5. The minimum atomic E-state index is -1.09. The Bertz CT molecular complexity index is 361. The van der Waals surface area contributed by atoms with Crippen LogP contribution in [0.3, 0.4) is 0 Å². The van der Waals surface area contributed by atoms with Gasteiger partial charge in [0.05, 0.1) is 13.2 Å². The lowest BCUT2D eigenvalue weighted by Crippen LogP contribution is -2.08. The lowest BCUT2D eigenvalue weighted by atomic mass is 10.2. The molecule has 0 atom stereocenters. The van der Waals surface area contributed by atoms with Crippen molar-refractivity contribution in [2.75, 3.05) is 19.8 Å². The molecule has 0 bridgehead atoms. The first kappa shape index (κ1) is 12.3. The maximum Gasteiger partial charge on any atom is 0.339 e. The van der Waals surface area contributed by atoms with Gasteiger partial charge in [-0.25, -0.2) is 4.79 Å². The number of rotatable bonds is 6. The Balaban J connectivity index is 3.07. The van der Waals surface area contributed by atoms with Crippen molar-refractivity contribution >= 4 is 5.97 Å². The molecule has 0 spiro atoms. The summed E-state index contributed by atoms with van der Waals surface area (Å²) in [6.07, 6.45) is 0. The summed E-state index contributed by atoms with van der Waals surface area (Å²) in [4.78, 5) is 10.9. The van der Waals surface area contributed by atoms with Crippen molar-refractivity contribution < 1.29 is 24.5 Å². The molecule has 0 heterocycles. The smallest absolute Gasteiger partial charge is 0.339 e. The summed E-state index contributed by atoms with van der Waals surface area (Å²) in [7, 11) is 0. The van der Waals surface area contributed by atoms with Crippen molar-refractivity contribution in [1.82, 2.24) is 0 Å². The van der Waals surface area contributed by atoms with Gasteiger partial charge in [0.15, 0.2) is 11.5 Å². The van der Waals surface area contributed by atoms with E-state index in [2.05, 4.69) is 0 Å². The van der Waals surface area contributed by atoms with Gasteiger partial charge in [0, 0.05) is 0 Å². The molecule has 5 heteroatoms. The molecule has 16 heavy (non-hydrogen) atoms. The largest absolute Gasteiger partial charge is 0.490 e. The number of carboxylic acids is 1. The van der Waals surface area contributed by atoms with E-state index in [9.17, 15) is 4.79 Å². The van der Waals surface area contributed by atoms with E-state index in [1.54, 1.807) is 19.1 Å². The van der Waals surface area contributed by atoms with Crippen LogP contribution < -0.4 is 9.47 Å². The van der Waals surface area contributed by atoms with Crippen molar-refractivity contribution in [3.05, 3.63) is 23.8 Å². The van der Waals surface area contributed by atoms with Crippen LogP contribution in [-0.2, 0) is 0 Å². The van der Waals surface area contributed by atoms with Crippen LogP contribution in [0.4, 0.5) is 0 Å². The fourth-order valence-corrected chi connectivity index (χ4v) is 1.25. The highest BCUT2D eigenvalue weighted by molar-refractivity contribution is 5.92.